The molecule has 0 aromatic heterocycles. The van der Waals surface area contributed by atoms with Gasteiger partial charge in [-0.25, -0.2) is 4.39 Å². The van der Waals surface area contributed by atoms with Gasteiger partial charge in [-0.2, -0.15) is 0 Å². The Morgan fingerprint density at radius 3 is 2.70 bits per heavy atom. The van der Waals surface area contributed by atoms with Crippen molar-refractivity contribution in [3.05, 3.63) is 62.3 Å². The molecule has 0 aliphatic carbocycles. The SMILES string of the molecule is COc1ccc(Br)c(CC(=O)c2cccc(F)c2Br)c1. The van der Waals surface area contributed by atoms with E-state index in [9.17, 15) is 9.18 Å². The second-order valence-electron chi connectivity index (χ2n) is 4.16. The van der Waals surface area contributed by atoms with Gasteiger partial charge < -0.3 is 4.74 Å². The minimum absolute atomic E-state index is 0.162. The van der Waals surface area contributed by atoms with Crippen molar-refractivity contribution in [2.24, 2.45) is 0 Å². The summed E-state index contributed by atoms with van der Waals surface area (Å²) >= 11 is 6.51. The Hall–Kier alpha value is -1.20. The number of hydrogen-bond donors (Lipinski definition) is 0. The molecule has 0 heterocycles. The van der Waals surface area contributed by atoms with Crippen molar-refractivity contribution in [1.29, 1.82) is 0 Å². The van der Waals surface area contributed by atoms with E-state index in [0.29, 0.717) is 11.3 Å². The van der Waals surface area contributed by atoms with Gasteiger partial charge in [-0.1, -0.05) is 28.1 Å². The van der Waals surface area contributed by atoms with E-state index in [4.69, 9.17) is 4.74 Å². The monoisotopic (exact) mass is 400 g/mol. The van der Waals surface area contributed by atoms with Gasteiger partial charge in [0.15, 0.2) is 5.78 Å². The van der Waals surface area contributed by atoms with Crippen LogP contribution in [0.3, 0.4) is 0 Å². The summed E-state index contributed by atoms with van der Waals surface area (Å²) in [5, 5.41) is 0. The molecule has 0 aliphatic heterocycles. The summed E-state index contributed by atoms with van der Waals surface area (Å²) in [6, 6.07) is 9.84. The molecule has 20 heavy (non-hydrogen) atoms. The van der Waals surface area contributed by atoms with Crippen molar-refractivity contribution < 1.29 is 13.9 Å². The zero-order chi connectivity index (χ0) is 14.7. The molecule has 104 valence electrons. The zero-order valence-electron chi connectivity index (χ0n) is 10.6. The number of carbonyl (C=O) groups is 1. The summed E-state index contributed by atoms with van der Waals surface area (Å²) in [5.74, 6) is 0.0696. The number of methoxy groups -OCH3 is 1. The fraction of sp³-hybridized carbons (Fsp3) is 0.133. The highest BCUT2D eigenvalue weighted by atomic mass is 79.9. The van der Waals surface area contributed by atoms with Crippen LogP contribution in [0, 0.1) is 5.82 Å². The molecule has 2 nitrogen and oxygen atoms in total. The van der Waals surface area contributed by atoms with Gasteiger partial charge in [0, 0.05) is 16.5 Å². The Kier molecular flexibility index (Phi) is 4.94. The van der Waals surface area contributed by atoms with E-state index in [1.54, 1.807) is 25.3 Å². The number of halogens is 3. The molecular weight excluding hydrogens is 391 g/mol. The van der Waals surface area contributed by atoms with Crippen LogP contribution in [-0.4, -0.2) is 12.9 Å². The second-order valence-corrected chi connectivity index (χ2v) is 5.81. The fourth-order valence-electron chi connectivity index (χ4n) is 1.80. The van der Waals surface area contributed by atoms with Crippen LogP contribution in [0.2, 0.25) is 0 Å². The topological polar surface area (TPSA) is 26.3 Å². The molecule has 0 saturated carbocycles. The molecule has 0 amide bonds. The van der Waals surface area contributed by atoms with Crippen molar-refractivity contribution in [1.82, 2.24) is 0 Å². The smallest absolute Gasteiger partial charge is 0.168 e. The van der Waals surface area contributed by atoms with Crippen LogP contribution < -0.4 is 4.74 Å². The highest BCUT2D eigenvalue weighted by Crippen LogP contribution is 2.26. The summed E-state index contributed by atoms with van der Waals surface area (Å²) < 4.78 is 19.6. The Balaban J connectivity index is 2.30. The highest BCUT2D eigenvalue weighted by Gasteiger charge is 2.15. The van der Waals surface area contributed by atoms with Crippen molar-refractivity contribution >= 4 is 37.6 Å². The van der Waals surface area contributed by atoms with Crippen molar-refractivity contribution in [2.45, 2.75) is 6.42 Å². The van der Waals surface area contributed by atoms with Crippen molar-refractivity contribution in [2.75, 3.05) is 7.11 Å². The predicted molar refractivity (Wildman–Crippen MR) is 82.8 cm³/mol. The summed E-state index contributed by atoms with van der Waals surface area (Å²) in [7, 11) is 1.57. The normalized spacial score (nSPS) is 10.4. The average molecular weight is 402 g/mol. The molecule has 2 aromatic rings. The van der Waals surface area contributed by atoms with Crippen LogP contribution in [0.1, 0.15) is 15.9 Å². The van der Waals surface area contributed by atoms with Gasteiger partial charge in [-0.15, -0.1) is 0 Å². The molecule has 0 N–H and O–H groups in total. The molecule has 0 radical (unpaired) electrons. The first-order chi connectivity index (χ1) is 9.52. The molecule has 5 heteroatoms. The van der Waals surface area contributed by atoms with E-state index in [1.807, 2.05) is 6.07 Å². The maximum atomic E-state index is 13.4. The Morgan fingerprint density at radius 1 is 1.25 bits per heavy atom. The van der Waals surface area contributed by atoms with E-state index in [-0.39, 0.29) is 16.7 Å². The maximum Gasteiger partial charge on any atom is 0.168 e. The largest absolute Gasteiger partial charge is 0.497 e. The van der Waals surface area contributed by atoms with Crippen LogP contribution in [0.15, 0.2) is 45.3 Å². The number of ether oxygens (including phenoxy) is 1. The van der Waals surface area contributed by atoms with E-state index in [2.05, 4.69) is 31.9 Å². The lowest BCUT2D eigenvalue weighted by Gasteiger charge is -2.08. The summed E-state index contributed by atoms with van der Waals surface area (Å²) in [6.07, 6.45) is 0.167. The minimum Gasteiger partial charge on any atom is -0.497 e. The molecule has 0 saturated heterocycles. The standard InChI is InChI=1S/C15H11Br2FO2/c1-20-10-5-6-12(16)9(7-10)8-14(19)11-3-2-4-13(18)15(11)17/h2-7H,8H2,1H3. The maximum absolute atomic E-state index is 13.4. The number of hydrogen-bond acceptors (Lipinski definition) is 2. The van der Waals surface area contributed by atoms with Crippen LogP contribution in [0.5, 0.6) is 5.75 Å². The van der Waals surface area contributed by atoms with Gasteiger partial charge in [0.2, 0.25) is 0 Å². The van der Waals surface area contributed by atoms with E-state index in [0.717, 1.165) is 10.0 Å². The second kappa shape index (κ2) is 6.50. The molecule has 0 fully saturated rings. The van der Waals surface area contributed by atoms with Crippen LogP contribution in [-0.2, 0) is 6.42 Å². The lowest BCUT2D eigenvalue weighted by Crippen LogP contribution is -2.06. The molecule has 0 unspecified atom stereocenters. The number of carbonyl (C=O) groups excluding carboxylic acids is 1. The van der Waals surface area contributed by atoms with E-state index in [1.165, 1.54) is 12.1 Å². The predicted octanol–water partition coefficient (Wildman–Crippen LogP) is 4.78. The third-order valence-electron chi connectivity index (χ3n) is 2.86. The molecule has 2 aromatic carbocycles. The third-order valence-corrected chi connectivity index (χ3v) is 4.44. The van der Waals surface area contributed by atoms with E-state index < -0.39 is 5.82 Å². The minimum atomic E-state index is -0.444. The van der Waals surface area contributed by atoms with E-state index >= 15 is 0 Å². The summed E-state index contributed by atoms with van der Waals surface area (Å²) in [5.41, 5.74) is 1.13. The lowest BCUT2D eigenvalue weighted by atomic mass is 10.0. The number of Topliss-reactive ketones (excluding diaryl/α,β-unsaturated/α-hetero) is 1. The summed E-state index contributed by atoms with van der Waals surface area (Å²) in [6.45, 7) is 0. The van der Waals surface area contributed by atoms with Crippen molar-refractivity contribution in [3.8, 4) is 5.75 Å². The Bertz CT molecular complexity index is 656. The van der Waals surface area contributed by atoms with Gasteiger partial charge in [0.05, 0.1) is 11.6 Å². The molecule has 0 atom stereocenters. The Morgan fingerprint density at radius 2 is 2.00 bits per heavy atom. The van der Waals surface area contributed by atoms with Gasteiger partial charge in [0.25, 0.3) is 0 Å². The number of rotatable bonds is 4. The highest BCUT2D eigenvalue weighted by molar-refractivity contribution is 9.10. The van der Waals surface area contributed by atoms with Gasteiger partial charge in [0.1, 0.15) is 11.6 Å². The molecule has 0 bridgehead atoms. The first-order valence-electron chi connectivity index (χ1n) is 5.82. The van der Waals surface area contributed by atoms with Crippen molar-refractivity contribution in [3.63, 3.8) is 0 Å². The van der Waals surface area contributed by atoms with Crippen LogP contribution >= 0.6 is 31.9 Å². The van der Waals surface area contributed by atoms with Gasteiger partial charge in [-0.3, -0.25) is 4.79 Å². The lowest BCUT2D eigenvalue weighted by molar-refractivity contribution is 0.0991. The molecule has 0 spiro atoms. The Labute approximate surface area is 133 Å². The average Bonchev–Trinajstić information content (AvgIpc) is 2.44. The zero-order valence-corrected chi connectivity index (χ0v) is 13.8. The van der Waals surface area contributed by atoms with Crippen LogP contribution in [0.4, 0.5) is 4.39 Å². The first kappa shape index (κ1) is 15.2. The number of ketones is 1. The third kappa shape index (κ3) is 3.27. The molecule has 2 rings (SSSR count). The molecular formula is C15H11Br2FO2. The summed E-state index contributed by atoms with van der Waals surface area (Å²) in [4.78, 5) is 12.3. The number of benzene rings is 2. The quantitative estimate of drug-likeness (QED) is 0.688. The van der Waals surface area contributed by atoms with Gasteiger partial charge >= 0.3 is 0 Å². The fourth-order valence-corrected chi connectivity index (χ4v) is 2.67. The molecule has 0 aliphatic rings. The first-order valence-corrected chi connectivity index (χ1v) is 7.41. The van der Waals surface area contributed by atoms with Crippen LogP contribution in [0.25, 0.3) is 0 Å². The van der Waals surface area contributed by atoms with Gasteiger partial charge in [-0.05, 0) is 45.8 Å².